The van der Waals surface area contributed by atoms with Gasteiger partial charge < -0.3 is 5.73 Å². The zero-order chi connectivity index (χ0) is 27.6. The molecule has 35 heavy (non-hydrogen) atoms. The molecule has 0 aromatic rings. The van der Waals surface area contributed by atoms with E-state index in [1.807, 2.05) is 5.92 Å². The van der Waals surface area contributed by atoms with E-state index in [0.29, 0.717) is 41.4 Å². The summed E-state index contributed by atoms with van der Waals surface area (Å²) in [4.78, 5) is 2.93. The summed E-state index contributed by atoms with van der Waals surface area (Å²) in [5.41, 5.74) is 6.73. The van der Waals surface area contributed by atoms with Crippen molar-refractivity contribution >= 4 is 0 Å². The van der Waals surface area contributed by atoms with Crippen molar-refractivity contribution in [2.75, 3.05) is 19.6 Å². The van der Waals surface area contributed by atoms with Gasteiger partial charge in [-0.2, -0.15) is 0 Å². The van der Waals surface area contributed by atoms with Crippen molar-refractivity contribution in [3.05, 3.63) is 5.92 Å². The molecule has 0 atom stereocenters. The van der Waals surface area contributed by atoms with Gasteiger partial charge in [0.05, 0.1) is 0 Å². The van der Waals surface area contributed by atoms with Crippen LogP contribution in [0.5, 0.6) is 0 Å². The van der Waals surface area contributed by atoms with E-state index in [1.54, 1.807) is 0 Å². The first-order chi connectivity index (χ1) is 16.0. The first-order valence-electron chi connectivity index (χ1n) is 15.3. The zero-order valence-corrected chi connectivity index (χ0v) is 26.9. The number of hydrogen-bond donors (Lipinski definition) is 1. The Balaban J connectivity index is 7.67. The number of nitrogens with two attached hydrogens (primary N) is 1. The maximum absolute atomic E-state index is 6.40. The van der Waals surface area contributed by atoms with E-state index in [1.165, 1.54) is 38.5 Å². The Labute approximate surface area is 224 Å². The number of hydrogen-bond acceptors (Lipinski definition) is 2. The minimum atomic E-state index is 0.132. The molecule has 0 saturated carbocycles. The molecule has 2 heteroatoms. The maximum atomic E-state index is 6.40. The predicted molar refractivity (Wildman–Crippen MR) is 161 cm³/mol. The molecule has 0 aromatic heterocycles. The van der Waals surface area contributed by atoms with Crippen LogP contribution in [0.2, 0.25) is 0 Å². The third kappa shape index (κ3) is 11.1. The van der Waals surface area contributed by atoms with Gasteiger partial charge in [0.1, 0.15) is 0 Å². The van der Waals surface area contributed by atoms with E-state index in [2.05, 4.69) is 102 Å². The zero-order valence-electron chi connectivity index (χ0n) is 26.9. The van der Waals surface area contributed by atoms with Crippen LogP contribution in [-0.2, 0) is 0 Å². The van der Waals surface area contributed by atoms with Gasteiger partial charge in [-0.1, -0.05) is 96.9 Å². The normalized spacial score (nSPS) is 14.1. The summed E-state index contributed by atoms with van der Waals surface area (Å²) in [6.07, 6.45) is 7.62. The molecule has 0 aromatic carbocycles. The van der Waals surface area contributed by atoms with Crippen molar-refractivity contribution in [3.8, 4) is 0 Å². The van der Waals surface area contributed by atoms with Crippen molar-refractivity contribution in [1.29, 1.82) is 0 Å². The molecule has 0 aliphatic heterocycles. The second kappa shape index (κ2) is 16.0. The van der Waals surface area contributed by atoms with Gasteiger partial charge in [-0.05, 0) is 91.3 Å². The molecule has 0 amide bonds. The average molecular weight is 494 g/mol. The standard InChI is InChI=1S/C33H69N2/c1-24(2)17-31(18-25(3)4)32(19-26(5)6,20-27(7)8)33(21-28(9)10,22-29(11)12)35(16-15-34)23-30(13)14/h24-30H,15-23,34H2,1-14H3. The van der Waals surface area contributed by atoms with Gasteiger partial charge in [-0.15, -0.1) is 0 Å². The Bertz CT molecular complexity index is 499. The third-order valence-electron chi connectivity index (χ3n) is 7.47. The smallest absolute Gasteiger partial charge is 0.0277 e. The fourth-order valence-electron chi connectivity index (χ4n) is 7.40. The lowest BCUT2D eigenvalue weighted by Gasteiger charge is -2.63. The number of nitrogens with zero attached hydrogens (tertiary/aromatic N) is 1. The van der Waals surface area contributed by atoms with E-state index >= 15 is 0 Å². The molecular formula is C33H69N2. The van der Waals surface area contributed by atoms with Crippen LogP contribution < -0.4 is 5.73 Å². The summed E-state index contributed by atoms with van der Waals surface area (Å²) in [5, 5.41) is 0. The maximum Gasteiger partial charge on any atom is 0.0277 e. The first kappa shape index (κ1) is 34.9. The van der Waals surface area contributed by atoms with Gasteiger partial charge in [0.15, 0.2) is 0 Å². The molecule has 0 rings (SSSR count). The Kier molecular flexibility index (Phi) is 16.0. The topological polar surface area (TPSA) is 29.3 Å². The third-order valence-corrected chi connectivity index (χ3v) is 7.47. The van der Waals surface area contributed by atoms with E-state index < -0.39 is 0 Å². The van der Waals surface area contributed by atoms with E-state index in [0.717, 1.165) is 19.6 Å². The summed E-state index contributed by atoms with van der Waals surface area (Å²) in [7, 11) is 0. The lowest BCUT2D eigenvalue weighted by molar-refractivity contribution is -0.0883. The summed E-state index contributed by atoms with van der Waals surface area (Å²) >= 11 is 0. The second-order valence-corrected chi connectivity index (χ2v) is 14.9. The van der Waals surface area contributed by atoms with Crippen LogP contribution in [0.15, 0.2) is 0 Å². The predicted octanol–water partition coefficient (Wildman–Crippen LogP) is 9.48. The van der Waals surface area contributed by atoms with Crippen LogP contribution >= 0.6 is 0 Å². The van der Waals surface area contributed by atoms with Crippen LogP contribution in [0.1, 0.15) is 135 Å². The van der Waals surface area contributed by atoms with Crippen LogP contribution in [0.25, 0.3) is 0 Å². The summed E-state index contributed by atoms with van der Waals surface area (Å²) in [6, 6.07) is 0. The SMILES string of the molecule is CC(C)C[C](CC(C)C)C(CC(C)C)(CC(C)C)C(CC(C)C)(CC(C)C)N(CCN)CC(C)C. The molecule has 1 radical (unpaired) electrons. The molecule has 0 spiro atoms. The van der Waals surface area contributed by atoms with Crippen molar-refractivity contribution in [2.24, 2.45) is 52.6 Å². The monoisotopic (exact) mass is 494 g/mol. The van der Waals surface area contributed by atoms with Crippen LogP contribution in [0, 0.1) is 52.8 Å². The van der Waals surface area contributed by atoms with Gasteiger partial charge >= 0.3 is 0 Å². The lowest BCUT2D eigenvalue weighted by atomic mass is 9.49. The summed E-state index contributed by atoms with van der Waals surface area (Å²) in [6.45, 7) is 37.2. The Morgan fingerprint density at radius 2 is 0.914 bits per heavy atom. The van der Waals surface area contributed by atoms with E-state index in [-0.39, 0.29) is 11.0 Å². The van der Waals surface area contributed by atoms with Gasteiger partial charge in [0.25, 0.3) is 0 Å². The van der Waals surface area contributed by atoms with Crippen molar-refractivity contribution in [3.63, 3.8) is 0 Å². The average Bonchev–Trinajstić information content (AvgIpc) is 2.63. The highest BCUT2D eigenvalue weighted by atomic mass is 15.2. The van der Waals surface area contributed by atoms with Gasteiger partial charge in [0, 0.05) is 25.2 Å². The molecule has 2 nitrogen and oxygen atoms in total. The summed E-state index contributed by atoms with van der Waals surface area (Å²) in [5.74, 6) is 6.52. The highest BCUT2D eigenvalue weighted by molar-refractivity contribution is 5.21. The molecular weight excluding hydrogens is 424 g/mol. The van der Waals surface area contributed by atoms with Crippen molar-refractivity contribution < 1.29 is 0 Å². The fraction of sp³-hybridized carbons (Fsp3) is 0.970. The molecule has 211 valence electrons. The highest BCUT2D eigenvalue weighted by Crippen LogP contribution is 2.60. The Morgan fingerprint density at radius 3 is 1.17 bits per heavy atom. The van der Waals surface area contributed by atoms with Crippen molar-refractivity contribution in [2.45, 2.75) is 141 Å². The number of rotatable bonds is 19. The van der Waals surface area contributed by atoms with E-state index in [9.17, 15) is 0 Å². The molecule has 0 unspecified atom stereocenters. The van der Waals surface area contributed by atoms with E-state index in [4.69, 9.17) is 5.73 Å². The quantitative estimate of drug-likeness (QED) is 0.194. The summed E-state index contributed by atoms with van der Waals surface area (Å²) < 4.78 is 0. The van der Waals surface area contributed by atoms with Crippen LogP contribution in [0.4, 0.5) is 0 Å². The molecule has 2 N–H and O–H groups in total. The molecule has 0 heterocycles. The minimum Gasteiger partial charge on any atom is -0.329 e. The Hall–Kier alpha value is -0.0800. The van der Waals surface area contributed by atoms with Crippen molar-refractivity contribution in [1.82, 2.24) is 4.90 Å². The van der Waals surface area contributed by atoms with Gasteiger partial charge in [-0.3, -0.25) is 4.90 Å². The molecule has 0 aliphatic rings. The molecule has 0 saturated heterocycles. The van der Waals surface area contributed by atoms with Crippen LogP contribution in [-0.4, -0.2) is 30.1 Å². The first-order valence-corrected chi connectivity index (χ1v) is 15.3. The largest absolute Gasteiger partial charge is 0.329 e. The highest BCUT2D eigenvalue weighted by Gasteiger charge is 2.58. The second-order valence-electron chi connectivity index (χ2n) is 14.9. The molecule has 0 aliphatic carbocycles. The molecule has 0 fully saturated rings. The minimum absolute atomic E-state index is 0.132. The van der Waals surface area contributed by atoms with Crippen LogP contribution in [0.3, 0.4) is 0 Å². The van der Waals surface area contributed by atoms with Gasteiger partial charge in [0.2, 0.25) is 0 Å². The lowest BCUT2D eigenvalue weighted by Crippen LogP contribution is -2.65. The molecule has 0 bridgehead atoms. The van der Waals surface area contributed by atoms with Gasteiger partial charge in [-0.25, -0.2) is 0 Å². The fourth-order valence-corrected chi connectivity index (χ4v) is 7.40. The Morgan fingerprint density at radius 1 is 0.543 bits per heavy atom.